The molecule has 2 unspecified atom stereocenters. The van der Waals surface area contributed by atoms with Crippen molar-refractivity contribution in [3.8, 4) is 6.07 Å². The summed E-state index contributed by atoms with van der Waals surface area (Å²) in [6, 6.07) is 13.7. The van der Waals surface area contributed by atoms with Gasteiger partial charge in [0.1, 0.15) is 11.6 Å². The summed E-state index contributed by atoms with van der Waals surface area (Å²) in [5.74, 6) is -1.39. The zero-order chi connectivity index (χ0) is 23.1. The molecule has 31 heavy (non-hydrogen) atoms. The van der Waals surface area contributed by atoms with Crippen molar-refractivity contribution in [1.82, 2.24) is 5.32 Å². The lowest BCUT2D eigenvalue weighted by atomic mass is 10.1. The summed E-state index contributed by atoms with van der Waals surface area (Å²) in [6.07, 6.45) is 0.316. The van der Waals surface area contributed by atoms with Crippen molar-refractivity contribution in [2.75, 3.05) is 19.0 Å². The summed E-state index contributed by atoms with van der Waals surface area (Å²) in [6.45, 7) is 3.18. The van der Waals surface area contributed by atoms with E-state index in [-0.39, 0.29) is 5.57 Å². The Bertz CT molecular complexity index is 1030. The van der Waals surface area contributed by atoms with Crippen molar-refractivity contribution in [3.63, 3.8) is 0 Å². The van der Waals surface area contributed by atoms with Crippen LogP contribution in [0.4, 0.5) is 5.69 Å². The lowest BCUT2D eigenvalue weighted by molar-refractivity contribution is -0.151. The minimum Gasteiger partial charge on any atom is -0.448 e. The van der Waals surface area contributed by atoms with Crippen molar-refractivity contribution in [1.29, 1.82) is 5.26 Å². The number of halogens is 2. The first-order valence-corrected chi connectivity index (χ1v) is 10.2. The Hall–Kier alpha value is -3.01. The van der Waals surface area contributed by atoms with E-state index in [4.69, 9.17) is 27.9 Å². The van der Waals surface area contributed by atoms with E-state index >= 15 is 0 Å². The number of nitriles is 1. The fraction of sp³-hybridized carbons (Fsp3) is 0.261. The largest absolute Gasteiger partial charge is 0.448 e. The molecule has 0 spiro atoms. The molecule has 2 aromatic rings. The monoisotopic (exact) mass is 459 g/mol. The highest BCUT2D eigenvalue weighted by atomic mass is 35.5. The van der Waals surface area contributed by atoms with Crippen molar-refractivity contribution >= 4 is 46.8 Å². The molecule has 0 aliphatic heterocycles. The van der Waals surface area contributed by atoms with Crippen LogP contribution in [0.3, 0.4) is 0 Å². The Morgan fingerprint density at radius 2 is 1.77 bits per heavy atom. The van der Waals surface area contributed by atoms with E-state index in [2.05, 4.69) is 5.32 Å². The molecule has 1 amide bonds. The second-order valence-electron chi connectivity index (χ2n) is 7.10. The van der Waals surface area contributed by atoms with Gasteiger partial charge in [0.2, 0.25) is 0 Å². The molecule has 0 aliphatic rings. The molecule has 0 heterocycles. The van der Waals surface area contributed by atoms with Crippen LogP contribution in [0.25, 0.3) is 6.08 Å². The summed E-state index contributed by atoms with van der Waals surface area (Å²) in [5, 5.41) is 13.0. The predicted octanol–water partition coefficient (Wildman–Crippen LogP) is 4.78. The minimum absolute atomic E-state index is 0.203. The number of esters is 1. The van der Waals surface area contributed by atoms with E-state index in [0.29, 0.717) is 21.2 Å². The van der Waals surface area contributed by atoms with Gasteiger partial charge in [-0.15, -0.1) is 0 Å². The van der Waals surface area contributed by atoms with Crippen molar-refractivity contribution in [2.24, 2.45) is 0 Å². The molecular weight excluding hydrogens is 437 g/mol. The molecule has 0 fully saturated rings. The molecule has 0 bridgehead atoms. The fourth-order valence-electron chi connectivity index (χ4n) is 2.71. The Labute approximate surface area is 192 Å². The highest BCUT2D eigenvalue weighted by Crippen LogP contribution is 2.26. The van der Waals surface area contributed by atoms with Crippen LogP contribution in [0, 0.1) is 11.3 Å². The zero-order valence-corrected chi connectivity index (χ0v) is 19.2. The minimum atomic E-state index is -1.10. The number of amides is 1. The van der Waals surface area contributed by atoms with Crippen LogP contribution in [0.5, 0.6) is 0 Å². The van der Waals surface area contributed by atoms with Crippen molar-refractivity contribution in [2.45, 2.75) is 26.0 Å². The summed E-state index contributed by atoms with van der Waals surface area (Å²) < 4.78 is 5.18. The van der Waals surface area contributed by atoms with Crippen LogP contribution >= 0.6 is 23.2 Å². The van der Waals surface area contributed by atoms with Crippen LogP contribution < -0.4 is 10.2 Å². The van der Waals surface area contributed by atoms with Crippen LogP contribution in [0.1, 0.15) is 31.0 Å². The second-order valence-corrected chi connectivity index (χ2v) is 7.94. The summed E-state index contributed by atoms with van der Waals surface area (Å²) in [4.78, 5) is 26.8. The van der Waals surface area contributed by atoms with Gasteiger partial charge >= 0.3 is 5.97 Å². The van der Waals surface area contributed by atoms with Crippen LogP contribution in [-0.4, -0.2) is 32.1 Å². The maximum atomic E-state index is 12.4. The van der Waals surface area contributed by atoms with Crippen LogP contribution in [0.2, 0.25) is 10.0 Å². The molecule has 162 valence electrons. The standard InChI is InChI=1S/C23H23Cl2N3O3/c1-14(20-10-7-18(24)12-21(20)25)27-22(29)15(2)31-23(30)17(13-26)11-16-5-8-19(9-6-16)28(3)4/h5-12,14-15H,1-4H3,(H,27,29). The van der Waals surface area contributed by atoms with Gasteiger partial charge in [0.15, 0.2) is 6.10 Å². The van der Waals surface area contributed by atoms with E-state index in [1.54, 1.807) is 37.3 Å². The molecule has 1 N–H and O–H groups in total. The van der Waals surface area contributed by atoms with E-state index < -0.39 is 24.0 Å². The number of anilines is 1. The number of ether oxygens (including phenoxy) is 1. The smallest absolute Gasteiger partial charge is 0.349 e. The summed E-state index contributed by atoms with van der Waals surface area (Å²) >= 11 is 12.1. The topological polar surface area (TPSA) is 82.4 Å². The highest BCUT2D eigenvalue weighted by Gasteiger charge is 2.23. The van der Waals surface area contributed by atoms with Gasteiger partial charge in [-0.25, -0.2) is 4.79 Å². The highest BCUT2D eigenvalue weighted by molar-refractivity contribution is 6.35. The molecule has 0 saturated heterocycles. The number of nitrogens with one attached hydrogen (secondary N) is 1. The predicted molar refractivity (Wildman–Crippen MR) is 123 cm³/mol. The molecule has 6 nitrogen and oxygen atoms in total. The lowest BCUT2D eigenvalue weighted by Gasteiger charge is -2.19. The quantitative estimate of drug-likeness (QED) is 0.366. The third-order valence-corrected chi connectivity index (χ3v) is 5.06. The molecular formula is C23H23Cl2N3O3. The number of nitrogens with zero attached hydrogens (tertiary/aromatic N) is 2. The lowest BCUT2D eigenvalue weighted by Crippen LogP contribution is -2.37. The summed E-state index contributed by atoms with van der Waals surface area (Å²) in [5.41, 5.74) is 2.13. The first-order valence-electron chi connectivity index (χ1n) is 9.48. The second kappa shape index (κ2) is 10.9. The SMILES string of the molecule is CC(OC(=O)C(C#N)=Cc1ccc(N(C)C)cc1)C(=O)NC(C)c1ccc(Cl)cc1Cl. The van der Waals surface area contributed by atoms with Crippen molar-refractivity contribution < 1.29 is 14.3 Å². The molecule has 0 radical (unpaired) electrons. The van der Waals surface area contributed by atoms with Gasteiger partial charge < -0.3 is 15.0 Å². The van der Waals surface area contributed by atoms with E-state index in [1.165, 1.54) is 13.0 Å². The van der Waals surface area contributed by atoms with E-state index in [9.17, 15) is 14.9 Å². The Morgan fingerprint density at radius 1 is 1.13 bits per heavy atom. The first kappa shape index (κ1) is 24.3. The maximum Gasteiger partial charge on any atom is 0.349 e. The molecule has 2 aromatic carbocycles. The third-order valence-electron chi connectivity index (χ3n) is 4.50. The van der Waals surface area contributed by atoms with Gasteiger partial charge in [-0.2, -0.15) is 5.26 Å². The van der Waals surface area contributed by atoms with Crippen LogP contribution in [-0.2, 0) is 14.3 Å². The van der Waals surface area contributed by atoms with E-state index in [1.807, 2.05) is 37.2 Å². The van der Waals surface area contributed by atoms with Gasteiger partial charge in [-0.1, -0.05) is 41.4 Å². The van der Waals surface area contributed by atoms with Gasteiger partial charge in [0.25, 0.3) is 5.91 Å². The van der Waals surface area contributed by atoms with Gasteiger partial charge in [-0.3, -0.25) is 4.79 Å². The fourth-order valence-corrected chi connectivity index (χ4v) is 3.28. The van der Waals surface area contributed by atoms with E-state index in [0.717, 1.165) is 5.69 Å². The molecule has 2 atom stereocenters. The molecule has 0 aliphatic carbocycles. The number of rotatable bonds is 7. The maximum absolute atomic E-state index is 12.4. The number of carbonyl (C=O) groups is 2. The number of hydrogen-bond donors (Lipinski definition) is 1. The number of benzene rings is 2. The molecule has 8 heteroatoms. The summed E-state index contributed by atoms with van der Waals surface area (Å²) in [7, 11) is 3.83. The van der Waals surface area contributed by atoms with Gasteiger partial charge in [0.05, 0.1) is 6.04 Å². The average molecular weight is 460 g/mol. The normalized spacial score (nSPS) is 13.0. The average Bonchev–Trinajstić information content (AvgIpc) is 2.71. The molecule has 0 saturated carbocycles. The first-order chi connectivity index (χ1) is 14.6. The molecule has 0 aromatic heterocycles. The number of carbonyl (C=O) groups excluding carboxylic acids is 2. The van der Waals surface area contributed by atoms with Gasteiger partial charge in [-0.05, 0) is 55.3 Å². The Balaban J connectivity index is 2.03. The van der Waals surface area contributed by atoms with Crippen molar-refractivity contribution in [3.05, 3.63) is 69.2 Å². The van der Waals surface area contributed by atoms with Gasteiger partial charge in [0, 0.05) is 29.8 Å². The third kappa shape index (κ3) is 6.74. The van der Waals surface area contributed by atoms with Crippen LogP contribution in [0.15, 0.2) is 48.0 Å². The zero-order valence-electron chi connectivity index (χ0n) is 17.6. The Kier molecular flexibility index (Phi) is 8.49. The molecule has 2 rings (SSSR count). The Morgan fingerprint density at radius 3 is 2.32 bits per heavy atom. The number of hydrogen-bond acceptors (Lipinski definition) is 5.